The monoisotopic (exact) mass is 603 g/mol. The zero-order chi connectivity index (χ0) is 30.8. The van der Waals surface area contributed by atoms with Crippen molar-refractivity contribution in [1.82, 2.24) is 0 Å². The summed E-state index contributed by atoms with van der Waals surface area (Å²) in [5, 5.41) is 4.91. The average Bonchev–Trinajstić information content (AvgIpc) is 3.46. The molecule has 0 aliphatic rings. The molecule has 0 fully saturated rings. The molecule has 0 bridgehead atoms. The van der Waals surface area contributed by atoms with Crippen LogP contribution in [0.1, 0.15) is 40.9 Å². The molecule has 0 saturated carbocycles. The highest BCUT2D eigenvalue weighted by Gasteiger charge is 2.29. The number of thiophene rings is 1. The van der Waals surface area contributed by atoms with Gasteiger partial charge in [0.1, 0.15) is 10.6 Å². The van der Waals surface area contributed by atoms with E-state index >= 15 is 0 Å². The number of carbonyl (C=O) groups is 3. The van der Waals surface area contributed by atoms with Crippen molar-refractivity contribution in [2.24, 2.45) is 0 Å². The number of esters is 2. The number of hydrogen-bond acceptors (Lipinski definition) is 9. The van der Waals surface area contributed by atoms with Crippen LogP contribution in [-0.4, -0.2) is 45.8 Å². The van der Waals surface area contributed by atoms with Crippen LogP contribution in [-0.2, 0) is 25.5 Å². The van der Waals surface area contributed by atoms with Gasteiger partial charge in [0.2, 0.25) is 11.9 Å². The van der Waals surface area contributed by atoms with Crippen molar-refractivity contribution in [2.45, 2.75) is 25.9 Å². The molecular weight excluding hydrogens is 570 g/mol. The van der Waals surface area contributed by atoms with Gasteiger partial charge >= 0.3 is 11.9 Å². The predicted molar refractivity (Wildman–Crippen MR) is 164 cm³/mol. The van der Waals surface area contributed by atoms with Gasteiger partial charge in [0, 0.05) is 22.9 Å². The van der Waals surface area contributed by atoms with E-state index in [0.717, 1.165) is 11.1 Å². The average molecular weight is 604 g/mol. The molecule has 4 aromatic rings. The quantitative estimate of drug-likeness (QED) is 0.173. The molecule has 1 N–H and O–H groups in total. The summed E-state index contributed by atoms with van der Waals surface area (Å²) < 4.78 is 27.2. The molecule has 224 valence electrons. The third-order valence-electron chi connectivity index (χ3n) is 6.52. The van der Waals surface area contributed by atoms with E-state index in [2.05, 4.69) is 5.32 Å². The first kappa shape index (κ1) is 31.1. The Morgan fingerprint density at radius 1 is 0.860 bits per heavy atom. The van der Waals surface area contributed by atoms with E-state index in [1.54, 1.807) is 54.8 Å². The van der Waals surface area contributed by atoms with Crippen molar-refractivity contribution in [2.75, 3.05) is 33.3 Å². The van der Waals surface area contributed by atoms with Crippen molar-refractivity contribution in [3.8, 4) is 28.4 Å². The van der Waals surface area contributed by atoms with Crippen LogP contribution in [0.3, 0.4) is 0 Å². The van der Waals surface area contributed by atoms with Gasteiger partial charge < -0.3 is 29.0 Å². The SMILES string of the molecule is CCOC(=O)c1c(-c2ccccc2)csc1NC(=O)[C@H](OC(=O)CCc1cc(OC)c(OC)c(OC)c1)c1ccccc1. The number of amides is 1. The highest BCUT2D eigenvalue weighted by molar-refractivity contribution is 7.15. The van der Waals surface area contributed by atoms with Crippen molar-refractivity contribution in [3.05, 3.63) is 94.9 Å². The molecule has 3 aromatic carbocycles. The van der Waals surface area contributed by atoms with Crippen LogP contribution in [0, 0.1) is 0 Å². The second-order valence-electron chi connectivity index (χ2n) is 9.24. The van der Waals surface area contributed by atoms with E-state index in [-0.39, 0.29) is 18.6 Å². The molecule has 0 spiro atoms. The van der Waals surface area contributed by atoms with E-state index in [1.807, 2.05) is 30.3 Å². The van der Waals surface area contributed by atoms with E-state index in [0.29, 0.717) is 39.8 Å². The summed E-state index contributed by atoms with van der Waals surface area (Å²) in [5.41, 5.74) is 2.93. The van der Waals surface area contributed by atoms with Crippen LogP contribution in [0.15, 0.2) is 78.2 Å². The van der Waals surface area contributed by atoms with Crippen LogP contribution in [0.25, 0.3) is 11.1 Å². The van der Waals surface area contributed by atoms with Crippen LogP contribution >= 0.6 is 11.3 Å². The standard InChI is InChI=1S/C33H33NO8S/c1-5-41-33(37)28-24(22-12-8-6-9-13-22)20-43-32(28)34-31(36)29(23-14-10-7-11-15-23)42-27(35)17-16-21-18-25(38-2)30(40-4)26(19-21)39-3/h6-15,18-20,29H,5,16-17H2,1-4H3,(H,34,36)/t29-/m1/s1. The zero-order valence-electron chi connectivity index (χ0n) is 24.4. The number of anilines is 1. The van der Waals surface area contributed by atoms with Gasteiger partial charge in [0.05, 0.1) is 27.9 Å². The first-order valence-corrected chi connectivity index (χ1v) is 14.5. The van der Waals surface area contributed by atoms with E-state index < -0.39 is 23.9 Å². The van der Waals surface area contributed by atoms with Gasteiger partial charge in [0.15, 0.2) is 11.5 Å². The maximum Gasteiger partial charge on any atom is 0.341 e. The lowest BCUT2D eigenvalue weighted by Crippen LogP contribution is -2.26. The summed E-state index contributed by atoms with van der Waals surface area (Å²) in [7, 11) is 4.55. The van der Waals surface area contributed by atoms with Gasteiger partial charge in [-0.3, -0.25) is 9.59 Å². The summed E-state index contributed by atoms with van der Waals surface area (Å²) in [4.78, 5) is 39.7. The van der Waals surface area contributed by atoms with E-state index in [1.165, 1.54) is 32.7 Å². The molecule has 43 heavy (non-hydrogen) atoms. The van der Waals surface area contributed by atoms with Crippen LogP contribution in [0.2, 0.25) is 0 Å². The lowest BCUT2D eigenvalue weighted by molar-refractivity contribution is -0.154. The van der Waals surface area contributed by atoms with Crippen LogP contribution in [0.5, 0.6) is 17.2 Å². The van der Waals surface area contributed by atoms with Gasteiger partial charge in [0.25, 0.3) is 5.91 Å². The first-order valence-electron chi connectivity index (χ1n) is 13.6. The Bertz CT molecular complexity index is 1530. The van der Waals surface area contributed by atoms with Gasteiger partial charge in [-0.05, 0) is 36.6 Å². The summed E-state index contributed by atoms with van der Waals surface area (Å²) >= 11 is 1.20. The molecule has 0 aliphatic carbocycles. The molecule has 0 radical (unpaired) electrons. The fraction of sp³-hybridized carbons (Fsp3) is 0.242. The summed E-state index contributed by atoms with van der Waals surface area (Å²) in [6.07, 6.45) is -0.969. The minimum absolute atomic E-state index is 0.0134. The second kappa shape index (κ2) is 14.9. The predicted octanol–water partition coefficient (Wildman–Crippen LogP) is 6.47. The summed E-state index contributed by atoms with van der Waals surface area (Å²) in [6.45, 7) is 1.89. The largest absolute Gasteiger partial charge is 0.493 e. The number of methoxy groups -OCH3 is 3. The Hall–Kier alpha value is -4.83. The number of aryl methyl sites for hydroxylation is 1. The molecule has 0 unspecified atom stereocenters. The minimum atomic E-state index is -1.26. The third kappa shape index (κ3) is 7.52. The van der Waals surface area contributed by atoms with Gasteiger partial charge in [-0.15, -0.1) is 11.3 Å². The molecule has 4 rings (SSSR count). The molecule has 1 heterocycles. The lowest BCUT2D eigenvalue weighted by Gasteiger charge is -2.18. The summed E-state index contributed by atoms with van der Waals surface area (Å²) in [5.74, 6) is -0.358. The number of rotatable bonds is 13. The fourth-order valence-electron chi connectivity index (χ4n) is 4.48. The fourth-order valence-corrected chi connectivity index (χ4v) is 5.44. The van der Waals surface area contributed by atoms with Crippen molar-refractivity contribution in [1.29, 1.82) is 0 Å². The molecule has 10 heteroatoms. The van der Waals surface area contributed by atoms with E-state index in [4.69, 9.17) is 23.7 Å². The maximum atomic E-state index is 13.7. The van der Waals surface area contributed by atoms with Crippen molar-refractivity contribution < 1.29 is 38.1 Å². The topological polar surface area (TPSA) is 109 Å². The Morgan fingerprint density at radius 3 is 2.07 bits per heavy atom. The molecule has 1 atom stereocenters. The zero-order valence-corrected chi connectivity index (χ0v) is 25.2. The molecule has 9 nitrogen and oxygen atoms in total. The number of carbonyl (C=O) groups excluding carboxylic acids is 3. The van der Waals surface area contributed by atoms with Crippen molar-refractivity contribution >= 4 is 34.2 Å². The summed E-state index contributed by atoms with van der Waals surface area (Å²) in [6, 6.07) is 21.6. The molecular formula is C33H33NO8S. The third-order valence-corrected chi connectivity index (χ3v) is 7.42. The normalized spacial score (nSPS) is 11.3. The minimum Gasteiger partial charge on any atom is -0.493 e. The molecule has 0 aliphatic heterocycles. The van der Waals surface area contributed by atoms with Crippen LogP contribution in [0.4, 0.5) is 5.00 Å². The highest BCUT2D eigenvalue weighted by Crippen LogP contribution is 2.39. The molecule has 0 saturated heterocycles. The number of nitrogens with one attached hydrogen (secondary N) is 1. The number of hydrogen-bond donors (Lipinski definition) is 1. The Balaban J connectivity index is 1.56. The van der Waals surface area contributed by atoms with Crippen molar-refractivity contribution in [3.63, 3.8) is 0 Å². The van der Waals surface area contributed by atoms with Crippen LogP contribution < -0.4 is 19.5 Å². The number of ether oxygens (including phenoxy) is 5. The van der Waals surface area contributed by atoms with Gasteiger partial charge in [-0.25, -0.2) is 4.79 Å². The Labute approximate surface area is 254 Å². The number of benzene rings is 3. The molecule has 1 amide bonds. The second-order valence-corrected chi connectivity index (χ2v) is 10.1. The highest BCUT2D eigenvalue weighted by atomic mass is 32.1. The lowest BCUT2D eigenvalue weighted by atomic mass is 10.0. The maximum absolute atomic E-state index is 13.7. The Kier molecular flexibility index (Phi) is 10.8. The molecule has 1 aromatic heterocycles. The van der Waals surface area contributed by atoms with Gasteiger partial charge in [-0.1, -0.05) is 60.7 Å². The smallest absolute Gasteiger partial charge is 0.341 e. The Morgan fingerprint density at radius 2 is 1.49 bits per heavy atom. The first-order chi connectivity index (χ1) is 20.9. The van der Waals surface area contributed by atoms with Gasteiger partial charge in [-0.2, -0.15) is 0 Å². The van der Waals surface area contributed by atoms with E-state index in [9.17, 15) is 14.4 Å².